The zero-order chi connectivity index (χ0) is 16.8. The van der Waals surface area contributed by atoms with Crippen molar-refractivity contribution in [3.63, 3.8) is 0 Å². The maximum atomic E-state index is 12.0. The first-order valence-corrected chi connectivity index (χ1v) is 8.47. The fourth-order valence-corrected chi connectivity index (χ4v) is 2.76. The summed E-state index contributed by atoms with van der Waals surface area (Å²) >= 11 is 0. The van der Waals surface area contributed by atoms with Crippen LogP contribution in [-0.2, 0) is 11.2 Å². The van der Waals surface area contributed by atoms with E-state index >= 15 is 0 Å². The molecule has 2 N–H and O–H groups in total. The molecule has 2 aromatic rings. The van der Waals surface area contributed by atoms with Crippen LogP contribution >= 0.6 is 0 Å². The van der Waals surface area contributed by atoms with Gasteiger partial charge >= 0.3 is 0 Å². The maximum absolute atomic E-state index is 12.0. The van der Waals surface area contributed by atoms with E-state index < -0.39 is 0 Å². The Balaban J connectivity index is 1.43. The number of rotatable bonds is 9. The molecule has 1 aliphatic carbocycles. The summed E-state index contributed by atoms with van der Waals surface area (Å²) in [6, 6.07) is 10.4. The highest BCUT2D eigenvalue weighted by molar-refractivity contribution is 5.78. The second kappa shape index (κ2) is 8.08. The third-order valence-corrected chi connectivity index (χ3v) is 4.19. The van der Waals surface area contributed by atoms with Gasteiger partial charge in [-0.15, -0.1) is 0 Å². The predicted octanol–water partition coefficient (Wildman–Crippen LogP) is 0.988. The molecular formula is C18H24N4O2. The highest BCUT2D eigenvalue weighted by Gasteiger charge is 2.29. The van der Waals surface area contributed by atoms with Crippen molar-refractivity contribution >= 4 is 5.91 Å². The minimum atomic E-state index is 0.0193. The summed E-state index contributed by atoms with van der Waals surface area (Å²) in [4.78, 5) is 14.1. The predicted molar refractivity (Wildman–Crippen MR) is 92.0 cm³/mol. The highest BCUT2D eigenvalue weighted by Crippen LogP contribution is 2.25. The van der Waals surface area contributed by atoms with Crippen LogP contribution in [0.5, 0.6) is 0 Å². The smallest absolute Gasteiger partial charge is 0.234 e. The summed E-state index contributed by atoms with van der Waals surface area (Å²) < 4.78 is 1.84. The maximum Gasteiger partial charge on any atom is 0.234 e. The Morgan fingerprint density at radius 3 is 2.83 bits per heavy atom. The molecule has 0 bridgehead atoms. The van der Waals surface area contributed by atoms with Gasteiger partial charge < -0.3 is 10.4 Å². The van der Waals surface area contributed by atoms with Crippen molar-refractivity contribution in [1.29, 1.82) is 0 Å². The van der Waals surface area contributed by atoms with Gasteiger partial charge in [0.05, 0.1) is 25.0 Å². The van der Waals surface area contributed by atoms with Crippen LogP contribution in [0.15, 0.2) is 42.7 Å². The van der Waals surface area contributed by atoms with E-state index in [9.17, 15) is 4.79 Å². The van der Waals surface area contributed by atoms with E-state index in [1.807, 2.05) is 47.4 Å². The molecule has 0 spiro atoms. The fraction of sp³-hybridized carbons (Fsp3) is 0.444. The Morgan fingerprint density at radius 2 is 2.12 bits per heavy atom. The van der Waals surface area contributed by atoms with Gasteiger partial charge in [0.15, 0.2) is 0 Å². The molecule has 1 aromatic heterocycles. The molecule has 1 aromatic carbocycles. The lowest BCUT2D eigenvalue weighted by Crippen LogP contribution is -2.40. The van der Waals surface area contributed by atoms with Crippen molar-refractivity contribution < 1.29 is 9.90 Å². The summed E-state index contributed by atoms with van der Waals surface area (Å²) in [5.74, 6) is 0.0193. The van der Waals surface area contributed by atoms with Crippen LogP contribution in [-0.4, -0.2) is 58.0 Å². The van der Waals surface area contributed by atoms with E-state index in [0.717, 1.165) is 30.5 Å². The van der Waals surface area contributed by atoms with Crippen molar-refractivity contribution in [2.75, 3.05) is 26.2 Å². The molecule has 0 atom stereocenters. The molecule has 6 nitrogen and oxygen atoms in total. The Morgan fingerprint density at radius 1 is 1.33 bits per heavy atom. The Labute approximate surface area is 142 Å². The van der Waals surface area contributed by atoms with Gasteiger partial charge in [0, 0.05) is 25.3 Å². The van der Waals surface area contributed by atoms with Crippen molar-refractivity contribution in [1.82, 2.24) is 20.0 Å². The number of carbonyl (C=O) groups excluding carboxylic acids is 1. The van der Waals surface area contributed by atoms with Gasteiger partial charge in [0.2, 0.25) is 5.91 Å². The third-order valence-electron chi connectivity index (χ3n) is 4.19. The number of para-hydroxylation sites is 1. The number of nitrogens with zero attached hydrogens (tertiary/aromatic N) is 3. The van der Waals surface area contributed by atoms with Crippen LogP contribution in [0.1, 0.15) is 18.4 Å². The molecule has 24 heavy (non-hydrogen) atoms. The Kier molecular flexibility index (Phi) is 5.61. The number of amides is 1. The number of carbonyl (C=O) groups is 1. The van der Waals surface area contributed by atoms with Gasteiger partial charge in [0.1, 0.15) is 0 Å². The van der Waals surface area contributed by atoms with Crippen LogP contribution in [0, 0.1) is 0 Å². The topological polar surface area (TPSA) is 70.4 Å². The fourth-order valence-electron chi connectivity index (χ4n) is 2.76. The normalized spacial score (nSPS) is 14.1. The summed E-state index contributed by atoms with van der Waals surface area (Å²) in [5, 5.41) is 16.4. The molecule has 6 heteroatoms. The molecule has 1 heterocycles. The van der Waals surface area contributed by atoms with Crippen molar-refractivity contribution in [3.05, 3.63) is 48.3 Å². The molecule has 0 aliphatic heterocycles. The van der Waals surface area contributed by atoms with Crippen LogP contribution in [0.25, 0.3) is 5.69 Å². The first kappa shape index (κ1) is 16.7. The lowest BCUT2D eigenvalue weighted by atomic mass is 10.2. The van der Waals surface area contributed by atoms with Gasteiger partial charge in [-0.2, -0.15) is 5.10 Å². The standard InChI is InChI=1S/C18H24N4O2/c23-11-10-21(16-6-7-16)14-18(24)19-9-8-15-12-20-22(13-15)17-4-2-1-3-5-17/h1-5,12-13,16,23H,6-11,14H2,(H,19,24). The first-order chi connectivity index (χ1) is 11.8. The summed E-state index contributed by atoms with van der Waals surface area (Å²) in [6.07, 6.45) is 6.84. The summed E-state index contributed by atoms with van der Waals surface area (Å²) in [7, 11) is 0. The second-order valence-electron chi connectivity index (χ2n) is 6.15. The lowest BCUT2D eigenvalue weighted by Gasteiger charge is -2.19. The summed E-state index contributed by atoms with van der Waals surface area (Å²) in [5.41, 5.74) is 2.12. The third kappa shape index (κ3) is 4.66. The van der Waals surface area contributed by atoms with Gasteiger partial charge in [0.25, 0.3) is 0 Å². The number of aromatic nitrogens is 2. The van der Waals surface area contributed by atoms with Crippen LogP contribution in [0.2, 0.25) is 0 Å². The van der Waals surface area contributed by atoms with Crippen molar-refractivity contribution in [2.24, 2.45) is 0 Å². The van der Waals surface area contributed by atoms with Crippen LogP contribution < -0.4 is 5.32 Å². The van der Waals surface area contributed by atoms with Crippen molar-refractivity contribution in [2.45, 2.75) is 25.3 Å². The Hall–Kier alpha value is -2.18. The minimum Gasteiger partial charge on any atom is -0.395 e. The molecule has 0 radical (unpaired) electrons. The zero-order valence-corrected chi connectivity index (χ0v) is 13.8. The average molecular weight is 328 g/mol. The van der Waals surface area contributed by atoms with E-state index in [0.29, 0.717) is 25.7 Å². The molecule has 1 aliphatic rings. The SMILES string of the molecule is O=C(CN(CCO)C1CC1)NCCc1cnn(-c2ccccc2)c1. The van der Waals surface area contributed by atoms with E-state index in [1.54, 1.807) is 0 Å². The lowest BCUT2D eigenvalue weighted by molar-refractivity contribution is -0.122. The number of aliphatic hydroxyl groups is 1. The van der Waals surface area contributed by atoms with Crippen molar-refractivity contribution in [3.8, 4) is 5.69 Å². The molecule has 128 valence electrons. The van der Waals surface area contributed by atoms with E-state index in [1.165, 1.54) is 0 Å². The number of nitrogens with one attached hydrogen (secondary N) is 1. The summed E-state index contributed by atoms with van der Waals surface area (Å²) in [6.45, 7) is 1.63. The van der Waals surface area contributed by atoms with E-state index in [2.05, 4.69) is 15.3 Å². The average Bonchev–Trinajstić information content (AvgIpc) is 3.34. The zero-order valence-electron chi connectivity index (χ0n) is 13.8. The molecule has 1 fully saturated rings. The van der Waals surface area contributed by atoms with Crippen LogP contribution in [0.4, 0.5) is 0 Å². The Bertz CT molecular complexity index is 652. The monoisotopic (exact) mass is 328 g/mol. The van der Waals surface area contributed by atoms with Crippen LogP contribution in [0.3, 0.4) is 0 Å². The number of aliphatic hydroxyl groups excluding tert-OH is 1. The number of benzene rings is 1. The minimum absolute atomic E-state index is 0.0193. The number of hydrogen-bond donors (Lipinski definition) is 2. The van der Waals surface area contributed by atoms with E-state index in [4.69, 9.17) is 5.11 Å². The second-order valence-corrected chi connectivity index (χ2v) is 6.15. The highest BCUT2D eigenvalue weighted by atomic mass is 16.3. The van der Waals surface area contributed by atoms with Gasteiger partial charge in [-0.1, -0.05) is 18.2 Å². The molecule has 3 rings (SSSR count). The molecule has 1 amide bonds. The molecule has 0 saturated heterocycles. The first-order valence-electron chi connectivity index (χ1n) is 8.47. The van der Waals surface area contributed by atoms with Gasteiger partial charge in [-0.25, -0.2) is 4.68 Å². The van der Waals surface area contributed by atoms with Gasteiger partial charge in [-0.05, 0) is 37.0 Å². The largest absolute Gasteiger partial charge is 0.395 e. The van der Waals surface area contributed by atoms with Gasteiger partial charge in [-0.3, -0.25) is 9.69 Å². The molecule has 1 saturated carbocycles. The molecular weight excluding hydrogens is 304 g/mol. The number of hydrogen-bond acceptors (Lipinski definition) is 4. The molecule has 0 unspecified atom stereocenters. The van der Waals surface area contributed by atoms with E-state index in [-0.39, 0.29) is 12.5 Å². The quantitative estimate of drug-likeness (QED) is 0.720.